The smallest absolute Gasteiger partial charge is 0.155 e. The third kappa shape index (κ3) is 0.956. The third-order valence-corrected chi connectivity index (χ3v) is 2.96. The first-order valence-corrected chi connectivity index (χ1v) is 4.11. The van der Waals surface area contributed by atoms with Gasteiger partial charge < -0.3 is 9.84 Å². The molecule has 1 aliphatic heterocycles. The van der Waals surface area contributed by atoms with Crippen molar-refractivity contribution in [3.8, 4) is 0 Å². The van der Waals surface area contributed by atoms with Crippen molar-refractivity contribution < 1.29 is 9.84 Å². The van der Waals surface area contributed by atoms with E-state index >= 15 is 0 Å². The first kappa shape index (κ1) is 6.62. The fourth-order valence-electron chi connectivity index (χ4n) is 2.07. The van der Waals surface area contributed by atoms with E-state index in [0.717, 1.165) is 13.0 Å². The van der Waals surface area contributed by atoms with Crippen LogP contribution in [-0.4, -0.2) is 18.0 Å². The molecular formula is C8H14O2. The van der Waals surface area contributed by atoms with E-state index in [4.69, 9.17) is 4.74 Å². The molecule has 58 valence electrons. The Labute approximate surface area is 61.2 Å². The van der Waals surface area contributed by atoms with Crippen molar-refractivity contribution in [2.45, 2.75) is 38.4 Å². The van der Waals surface area contributed by atoms with Crippen molar-refractivity contribution in [3.05, 3.63) is 0 Å². The summed E-state index contributed by atoms with van der Waals surface area (Å²) in [6.45, 7) is 0.765. The Hall–Kier alpha value is -0.0800. The lowest BCUT2D eigenvalue weighted by atomic mass is 9.64. The van der Waals surface area contributed by atoms with Gasteiger partial charge in [0.1, 0.15) is 0 Å². The topological polar surface area (TPSA) is 29.5 Å². The van der Waals surface area contributed by atoms with E-state index < -0.39 is 6.29 Å². The average Bonchev–Trinajstić information content (AvgIpc) is 1.85. The molecule has 1 N–H and O–H groups in total. The van der Waals surface area contributed by atoms with E-state index in [9.17, 15) is 5.11 Å². The predicted octanol–water partition coefficient (Wildman–Crippen LogP) is 1.29. The molecule has 0 radical (unpaired) electrons. The lowest BCUT2D eigenvalue weighted by Crippen LogP contribution is -2.39. The van der Waals surface area contributed by atoms with Crippen LogP contribution in [0.5, 0.6) is 0 Å². The Kier molecular flexibility index (Phi) is 1.46. The van der Waals surface area contributed by atoms with Gasteiger partial charge in [-0.2, -0.15) is 0 Å². The highest BCUT2D eigenvalue weighted by molar-refractivity contribution is 4.89. The maximum absolute atomic E-state index is 9.19. The number of ether oxygens (including phenoxy) is 1. The summed E-state index contributed by atoms with van der Waals surface area (Å²) >= 11 is 0. The second-order valence-electron chi connectivity index (χ2n) is 3.63. The van der Waals surface area contributed by atoms with Gasteiger partial charge in [0.15, 0.2) is 6.29 Å². The van der Waals surface area contributed by atoms with Gasteiger partial charge in [0.2, 0.25) is 0 Å². The molecule has 2 rings (SSSR count). The Morgan fingerprint density at radius 1 is 1.30 bits per heavy atom. The lowest BCUT2D eigenvalue weighted by Gasteiger charge is -2.46. The molecule has 1 saturated carbocycles. The average molecular weight is 142 g/mol. The van der Waals surface area contributed by atoms with Crippen LogP contribution in [0, 0.1) is 5.41 Å². The molecule has 0 aromatic rings. The summed E-state index contributed by atoms with van der Waals surface area (Å²) in [6.07, 6.45) is 5.57. The largest absolute Gasteiger partial charge is 0.368 e. The summed E-state index contributed by atoms with van der Waals surface area (Å²) in [5.41, 5.74) is 0.498. The van der Waals surface area contributed by atoms with Crippen LogP contribution in [0.4, 0.5) is 0 Å². The van der Waals surface area contributed by atoms with Crippen molar-refractivity contribution in [2.75, 3.05) is 6.61 Å². The van der Waals surface area contributed by atoms with Gasteiger partial charge in [-0.1, -0.05) is 6.42 Å². The molecule has 0 aromatic carbocycles. The first-order valence-electron chi connectivity index (χ1n) is 4.11. The minimum Gasteiger partial charge on any atom is -0.368 e. The summed E-state index contributed by atoms with van der Waals surface area (Å²) in [7, 11) is 0. The molecule has 0 aromatic heterocycles. The molecule has 10 heavy (non-hydrogen) atoms. The highest BCUT2D eigenvalue weighted by atomic mass is 16.6. The molecule has 2 fully saturated rings. The van der Waals surface area contributed by atoms with Crippen LogP contribution in [0.3, 0.4) is 0 Å². The molecule has 1 atom stereocenters. The summed E-state index contributed by atoms with van der Waals surface area (Å²) in [4.78, 5) is 0. The molecule has 2 aliphatic rings. The number of hydrogen-bond donors (Lipinski definition) is 1. The van der Waals surface area contributed by atoms with Gasteiger partial charge in [-0.15, -0.1) is 0 Å². The van der Waals surface area contributed by atoms with Crippen molar-refractivity contribution in [3.63, 3.8) is 0 Å². The van der Waals surface area contributed by atoms with Gasteiger partial charge >= 0.3 is 0 Å². The Bertz CT molecular complexity index is 129. The van der Waals surface area contributed by atoms with E-state index in [1.807, 2.05) is 0 Å². The zero-order chi connectivity index (χ0) is 7.03. The second kappa shape index (κ2) is 2.21. The van der Waals surface area contributed by atoms with Crippen molar-refractivity contribution in [1.82, 2.24) is 0 Å². The summed E-state index contributed by atoms with van der Waals surface area (Å²) < 4.78 is 5.06. The number of aliphatic hydroxyl groups excluding tert-OH is 1. The van der Waals surface area contributed by atoms with Crippen LogP contribution >= 0.6 is 0 Å². The third-order valence-electron chi connectivity index (χ3n) is 2.96. The van der Waals surface area contributed by atoms with E-state index in [1.54, 1.807) is 0 Å². The standard InChI is InChI=1S/C8H14O2/c9-7-6-8(2-1-3-8)4-5-10-7/h7,9H,1-6H2/t7-/m1/s1. The molecule has 1 spiro atoms. The second-order valence-corrected chi connectivity index (χ2v) is 3.63. The Morgan fingerprint density at radius 3 is 2.50 bits per heavy atom. The summed E-state index contributed by atoms with van der Waals surface area (Å²) in [5, 5.41) is 9.19. The van der Waals surface area contributed by atoms with Crippen LogP contribution in [0.15, 0.2) is 0 Å². The van der Waals surface area contributed by atoms with E-state index in [0.29, 0.717) is 5.41 Å². The molecular weight excluding hydrogens is 128 g/mol. The molecule has 1 aliphatic carbocycles. The Morgan fingerprint density at radius 2 is 2.10 bits per heavy atom. The number of aliphatic hydroxyl groups is 1. The van der Waals surface area contributed by atoms with Gasteiger partial charge in [-0.3, -0.25) is 0 Å². The highest BCUT2D eigenvalue weighted by Crippen LogP contribution is 2.49. The SMILES string of the molecule is O[C@H]1CC2(CCC2)CCO1. The zero-order valence-corrected chi connectivity index (χ0v) is 6.18. The van der Waals surface area contributed by atoms with Crippen molar-refractivity contribution in [2.24, 2.45) is 5.41 Å². The summed E-state index contributed by atoms with van der Waals surface area (Å²) in [5.74, 6) is 0. The first-order chi connectivity index (χ1) is 4.81. The minimum atomic E-state index is -0.464. The normalized spacial score (nSPS) is 37.5. The lowest BCUT2D eigenvalue weighted by molar-refractivity contribution is -0.176. The van der Waals surface area contributed by atoms with Crippen LogP contribution in [0.2, 0.25) is 0 Å². The van der Waals surface area contributed by atoms with E-state index in [1.165, 1.54) is 25.7 Å². The monoisotopic (exact) mass is 142 g/mol. The zero-order valence-electron chi connectivity index (χ0n) is 6.18. The van der Waals surface area contributed by atoms with Crippen LogP contribution in [0.1, 0.15) is 32.1 Å². The fourth-order valence-corrected chi connectivity index (χ4v) is 2.07. The van der Waals surface area contributed by atoms with Crippen LogP contribution in [0.25, 0.3) is 0 Å². The molecule has 1 heterocycles. The maximum atomic E-state index is 9.19. The molecule has 2 heteroatoms. The molecule has 2 nitrogen and oxygen atoms in total. The number of hydrogen-bond acceptors (Lipinski definition) is 2. The highest BCUT2D eigenvalue weighted by Gasteiger charge is 2.40. The minimum absolute atomic E-state index is 0.464. The molecule has 0 amide bonds. The van der Waals surface area contributed by atoms with Crippen molar-refractivity contribution in [1.29, 1.82) is 0 Å². The van der Waals surface area contributed by atoms with Gasteiger partial charge in [-0.25, -0.2) is 0 Å². The van der Waals surface area contributed by atoms with Gasteiger partial charge in [0, 0.05) is 6.42 Å². The van der Waals surface area contributed by atoms with E-state index in [-0.39, 0.29) is 0 Å². The molecule has 1 saturated heterocycles. The van der Waals surface area contributed by atoms with Crippen LogP contribution < -0.4 is 0 Å². The maximum Gasteiger partial charge on any atom is 0.155 e. The summed E-state index contributed by atoms with van der Waals surface area (Å²) in [6, 6.07) is 0. The fraction of sp³-hybridized carbons (Fsp3) is 1.00. The van der Waals surface area contributed by atoms with Crippen LogP contribution in [-0.2, 0) is 4.74 Å². The quantitative estimate of drug-likeness (QED) is 0.552. The number of rotatable bonds is 0. The van der Waals surface area contributed by atoms with Gasteiger partial charge in [-0.05, 0) is 24.7 Å². The molecule has 0 bridgehead atoms. The van der Waals surface area contributed by atoms with Gasteiger partial charge in [0.05, 0.1) is 6.61 Å². The van der Waals surface area contributed by atoms with Crippen molar-refractivity contribution >= 4 is 0 Å². The Balaban J connectivity index is 1.96. The predicted molar refractivity (Wildman–Crippen MR) is 37.5 cm³/mol. The van der Waals surface area contributed by atoms with Gasteiger partial charge in [0.25, 0.3) is 0 Å². The molecule has 0 unspecified atom stereocenters. The van der Waals surface area contributed by atoms with E-state index in [2.05, 4.69) is 0 Å².